The molecule has 1 amide bonds. The van der Waals surface area contributed by atoms with Crippen molar-refractivity contribution in [2.45, 2.75) is 13.0 Å². The molecule has 0 aliphatic carbocycles. The standard InChI is InChI=1S/C19H20N4O3/c1-12(24)13-10-15(21-11-13)19(25)22-17(18-20-8-9-23(18)2)14-6-4-5-7-16(14)26-3/h4-11,17,21H,1-3H3,(H,22,25)/t17-/m0/s1. The Morgan fingerprint density at radius 1 is 1.31 bits per heavy atom. The molecule has 3 rings (SSSR count). The Hall–Kier alpha value is -3.35. The van der Waals surface area contributed by atoms with E-state index in [0.717, 1.165) is 5.56 Å². The number of rotatable bonds is 6. The number of aromatic nitrogens is 3. The van der Waals surface area contributed by atoms with Crippen molar-refractivity contribution in [1.29, 1.82) is 0 Å². The number of hydrogen-bond acceptors (Lipinski definition) is 4. The van der Waals surface area contributed by atoms with E-state index in [2.05, 4.69) is 15.3 Å². The molecule has 3 aromatic rings. The van der Waals surface area contributed by atoms with Crippen molar-refractivity contribution in [3.8, 4) is 5.75 Å². The van der Waals surface area contributed by atoms with Gasteiger partial charge >= 0.3 is 0 Å². The van der Waals surface area contributed by atoms with E-state index >= 15 is 0 Å². The molecule has 0 unspecified atom stereocenters. The minimum atomic E-state index is -0.511. The maximum atomic E-state index is 12.7. The number of aryl methyl sites for hydroxylation is 1. The van der Waals surface area contributed by atoms with Crippen molar-refractivity contribution >= 4 is 11.7 Å². The SMILES string of the molecule is COc1ccccc1[C@H](NC(=O)c1cc(C(C)=O)c[nH]1)c1nccn1C. The highest BCUT2D eigenvalue weighted by Crippen LogP contribution is 2.29. The Bertz CT molecular complexity index is 942. The average molecular weight is 352 g/mol. The van der Waals surface area contributed by atoms with Crippen LogP contribution in [0.15, 0.2) is 48.9 Å². The number of Topliss-reactive ketones (excluding diaryl/α,β-unsaturated/α-hetero) is 1. The van der Waals surface area contributed by atoms with Crippen LogP contribution in [0.2, 0.25) is 0 Å². The molecule has 7 heteroatoms. The fourth-order valence-corrected chi connectivity index (χ4v) is 2.78. The van der Waals surface area contributed by atoms with Crippen LogP contribution in [0.25, 0.3) is 0 Å². The topological polar surface area (TPSA) is 89.0 Å². The predicted octanol–water partition coefficient (Wildman–Crippen LogP) is 2.48. The predicted molar refractivity (Wildman–Crippen MR) is 96.3 cm³/mol. The van der Waals surface area contributed by atoms with Crippen molar-refractivity contribution in [2.75, 3.05) is 7.11 Å². The summed E-state index contributed by atoms with van der Waals surface area (Å²) in [5.74, 6) is 0.875. The van der Waals surface area contributed by atoms with Gasteiger partial charge in [-0.3, -0.25) is 9.59 Å². The number of methoxy groups -OCH3 is 1. The lowest BCUT2D eigenvalue weighted by atomic mass is 10.0. The zero-order valence-electron chi connectivity index (χ0n) is 14.8. The first-order valence-electron chi connectivity index (χ1n) is 8.11. The van der Waals surface area contributed by atoms with Crippen LogP contribution in [0.3, 0.4) is 0 Å². The van der Waals surface area contributed by atoms with Crippen LogP contribution < -0.4 is 10.1 Å². The van der Waals surface area contributed by atoms with Gasteiger partial charge in [0.2, 0.25) is 0 Å². The van der Waals surface area contributed by atoms with Gasteiger partial charge in [0.05, 0.1) is 7.11 Å². The summed E-state index contributed by atoms with van der Waals surface area (Å²) in [6.07, 6.45) is 5.01. The Kier molecular flexibility index (Phi) is 4.88. The summed E-state index contributed by atoms with van der Waals surface area (Å²) in [6.45, 7) is 1.45. The summed E-state index contributed by atoms with van der Waals surface area (Å²) in [7, 11) is 3.44. The van der Waals surface area contributed by atoms with Crippen molar-refractivity contribution in [2.24, 2.45) is 7.05 Å². The summed E-state index contributed by atoms with van der Waals surface area (Å²) in [4.78, 5) is 31.4. The van der Waals surface area contributed by atoms with Crippen molar-refractivity contribution in [1.82, 2.24) is 19.9 Å². The molecule has 2 N–H and O–H groups in total. The highest BCUT2D eigenvalue weighted by atomic mass is 16.5. The largest absolute Gasteiger partial charge is 0.496 e. The maximum absolute atomic E-state index is 12.7. The molecule has 0 bridgehead atoms. The third kappa shape index (κ3) is 3.37. The number of nitrogens with zero attached hydrogens (tertiary/aromatic N) is 2. The molecule has 134 valence electrons. The molecule has 0 radical (unpaired) electrons. The molecule has 26 heavy (non-hydrogen) atoms. The minimum absolute atomic E-state index is 0.106. The van der Waals surface area contributed by atoms with E-state index in [1.54, 1.807) is 13.3 Å². The normalized spacial score (nSPS) is 11.8. The van der Waals surface area contributed by atoms with E-state index in [1.807, 2.05) is 42.1 Å². The highest BCUT2D eigenvalue weighted by molar-refractivity contribution is 5.99. The second kappa shape index (κ2) is 7.26. The molecule has 0 saturated carbocycles. The third-order valence-corrected chi connectivity index (χ3v) is 4.18. The Labute approximate surface area is 151 Å². The number of ketones is 1. The Morgan fingerprint density at radius 3 is 2.69 bits per heavy atom. The van der Waals surface area contributed by atoms with Gasteiger partial charge in [-0.25, -0.2) is 4.98 Å². The number of ether oxygens (including phenoxy) is 1. The molecule has 2 heterocycles. The molecule has 7 nitrogen and oxygen atoms in total. The molecule has 0 spiro atoms. The van der Waals surface area contributed by atoms with Crippen LogP contribution in [0.1, 0.15) is 45.2 Å². The number of aromatic amines is 1. The van der Waals surface area contributed by atoms with Gasteiger partial charge in [0.25, 0.3) is 5.91 Å². The molecule has 0 saturated heterocycles. The first-order valence-corrected chi connectivity index (χ1v) is 8.11. The molecular weight excluding hydrogens is 332 g/mol. The summed E-state index contributed by atoms with van der Waals surface area (Å²) >= 11 is 0. The number of amides is 1. The Balaban J connectivity index is 1.97. The molecule has 0 fully saturated rings. The molecule has 0 aliphatic heterocycles. The van der Waals surface area contributed by atoms with Crippen LogP contribution in [0.5, 0.6) is 5.75 Å². The highest BCUT2D eigenvalue weighted by Gasteiger charge is 2.25. The van der Waals surface area contributed by atoms with E-state index in [0.29, 0.717) is 22.8 Å². The van der Waals surface area contributed by atoms with Crippen molar-refractivity contribution < 1.29 is 14.3 Å². The van der Waals surface area contributed by atoms with Gasteiger partial charge in [0, 0.05) is 36.8 Å². The number of H-pyrrole nitrogens is 1. The number of carbonyl (C=O) groups excluding carboxylic acids is 2. The van der Waals surface area contributed by atoms with E-state index in [-0.39, 0.29) is 11.7 Å². The van der Waals surface area contributed by atoms with E-state index in [4.69, 9.17) is 4.74 Å². The lowest BCUT2D eigenvalue weighted by Crippen LogP contribution is -2.31. The zero-order valence-corrected chi connectivity index (χ0v) is 14.8. The quantitative estimate of drug-likeness (QED) is 0.667. The molecule has 1 atom stereocenters. The minimum Gasteiger partial charge on any atom is -0.496 e. The first-order chi connectivity index (χ1) is 12.5. The average Bonchev–Trinajstić information content (AvgIpc) is 3.29. The third-order valence-electron chi connectivity index (χ3n) is 4.18. The van der Waals surface area contributed by atoms with Gasteiger partial charge in [0.1, 0.15) is 23.3 Å². The van der Waals surface area contributed by atoms with Crippen LogP contribution in [0, 0.1) is 0 Å². The molecule has 0 aliphatic rings. The number of hydrogen-bond donors (Lipinski definition) is 2. The van der Waals surface area contributed by atoms with Crippen LogP contribution >= 0.6 is 0 Å². The smallest absolute Gasteiger partial charge is 0.268 e. The van der Waals surface area contributed by atoms with Gasteiger partial charge in [-0.15, -0.1) is 0 Å². The fraction of sp³-hybridized carbons (Fsp3) is 0.211. The fourth-order valence-electron chi connectivity index (χ4n) is 2.78. The van der Waals surface area contributed by atoms with Gasteiger partial charge in [-0.05, 0) is 19.1 Å². The van der Waals surface area contributed by atoms with Crippen LogP contribution in [-0.4, -0.2) is 33.3 Å². The number of carbonyl (C=O) groups is 2. The van der Waals surface area contributed by atoms with Gasteiger partial charge in [0.15, 0.2) is 5.78 Å². The summed E-state index contributed by atoms with van der Waals surface area (Å²) in [6, 6.07) is 8.48. The zero-order chi connectivity index (χ0) is 18.7. The van der Waals surface area contributed by atoms with E-state index in [1.165, 1.54) is 19.2 Å². The lowest BCUT2D eigenvalue weighted by molar-refractivity contribution is 0.0936. The summed E-state index contributed by atoms with van der Waals surface area (Å²) < 4.78 is 7.29. The number of imidazole rings is 1. The Morgan fingerprint density at radius 2 is 2.08 bits per heavy atom. The lowest BCUT2D eigenvalue weighted by Gasteiger charge is -2.21. The van der Waals surface area contributed by atoms with E-state index < -0.39 is 6.04 Å². The second-order valence-corrected chi connectivity index (χ2v) is 5.90. The number of nitrogens with one attached hydrogen (secondary N) is 2. The van der Waals surface area contributed by atoms with Gasteiger partial charge < -0.3 is 19.6 Å². The summed E-state index contributed by atoms with van der Waals surface area (Å²) in [5, 5.41) is 2.97. The van der Waals surface area contributed by atoms with Gasteiger partial charge in [-0.1, -0.05) is 18.2 Å². The molecule has 2 aromatic heterocycles. The maximum Gasteiger partial charge on any atom is 0.268 e. The van der Waals surface area contributed by atoms with Crippen molar-refractivity contribution in [3.05, 3.63) is 71.6 Å². The van der Waals surface area contributed by atoms with Crippen LogP contribution in [-0.2, 0) is 7.05 Å². The van der Waals surface area contributed by atoms with Crippen LogP contribution in [0.4, 0.5) is 0 Å². The van der Waals surface area contributed by atoms with E-state index in [9.17, 15) is 9.59 Å². The number of para-hydroxylation sites is 1. The second-order valence-electron chi connectivity index (χ2n) is 5.90. The number of benzene rings is 1. The first kappa shape index (κ1) is 17.5. The van der Waals surface area contributed by atoms with Crippen molar-refractivity contribution in [3.63, 3.8) is 0 Å². The molecule has 1 aromatic carbocycles. The van der Waals surface area contributed by atoms with Gasteiger partial charge in [-0.2, -0.15) is 0 Å². The monoisotopic (exact) mass is 352 g/mol. The molecular formula is C19H20N4O3. The summed E-state index contributed by atoms with van der Waals surface area (Å²) in [5.41, 5.74) is 1.56.